The minimum atomic E-state index is -1.17. The van der Waals surface area contributed by atoms with Gasteiger partial charge in [-0.2, -0.15) is 0 Å². The predicted octanol–water partition coefficient (Wildman–Crippen LogP) is 2.54. The normalized spacial score (nSPS) is 10.7. The van der Waals surface area contributed by atoms with Crippen molar-refractivity contribution < 1.29 is 24.9 Å². The number of nitrogens with zero attached hydrogens (tertiary/aromatic N) is 1. The van der Waals surface area contributed by atoms with Crippen LogP contribution in [0.25, 0.3) is 0 Å². The van der Waals surface area contributed by atoms with Crippen LogP contribution in [0.2, 0.25) is 0 Å². The first-order chi connectivity index (χ1) is 9.97. The Balaban J connectivity index is 2.29. The van der Waals surface area contributed by atoms with E-state index in [4.69, 9.17) is 10.2 Å². The molecule has 0 atom stereocenters. The molecule has 0 saturated heterocycles. The average molecular weight is 285 g/mol. The van der Waals surface area contributed by atoms with Gasteiger partial charge < -0.3 is 15.3 Å². The first-order valence-corrected chi connectivity index (χ1v) is 5.91. The smallest absolute Gasteiger partial charge is 0.336 e. The van der Waals surface area contributed by atoms with E-state index in [-0.39, 0.29) is 16.9 Å². The fraction of sp³-hybridized carbons (Fsp3) is 0. The van der Waals surface area contributed by atoms with Gasteiger partial charge in [0.2, 0.25) is 0 Å². The van der Waals surface area contributed by atoms with Gasteiger partial charge in [-0.15, -0.1) is 0 Å². The van der Waals surface area contributed by atoms with Crippen molar-refractivity contribution in [2.75, 3.05) is 0 Å². The summed E-state index contributed by atoms with van der Waals surface area (Å²) in [5.74, 6) is -2.35. The van der Waals surface area contributed by atoms with Crippen LogP contribution in [0.4, 0.5) is 5.69 Å². The monoisotopic (exact) mass is 285 g/mol. The lowest BCUT2D eigenvalue weighted by molar-refractivity contribution is 0.0686. The van der Waals surface area contributed by atoms with E-state index in [1.807, 2.05) is 0 Å². The number of aromatic carboxylic acids is 2. The zero-order valence-corrected chi connectivity index (χ0v) is 10.7. The van der Waals surface area contributed by atoms with Gasteiger partial charge in [-0.25, -0.2) is 9.59 Å². The largest absolute Gasteiger partial charge is 0.508 e. The van der Waals surface area contributed by atoms with Crippen molar-refractivity contribution in [3.8, 4) is 5.75 Å². The molecule has 21 heavy (non-hydrogen) atoms. The SMILES string of the molecule is O=C(O)c1ccc(/N=C\c2ccc(O)cc2C(=O)O)cc1. The minimum absolute atomic E-state index is 0.0686. The second-order valence-electron chi connectivity index (χ2n) is 4.19. The summed E-state index contributed by atoms with van der Waals surface area (Å²) >= 11 is 0. The summed E-state index contributed by atoms with van der Waals surface area (Å²) in [4.78, 5) is 25.9. The van der Waals surface area contributed by atoms with Gasteiger partial charge in [0.15, 0.2) is 0 Å². The molecule has 2 rings (SSSR count). The first kappa shape index (κ1) is 14.3. The van der Waals surface area contributed by atoms with Gasteiger partial charge in [0.1, 0.15) is 5.75 Å². The van der Waals surface area contributed by atoms with Crippen molar-refractivity contribution in [2.24, 2.45) is 4.99 Å². The van der Waals surface area contributed by atoms with Crippen LogP contribution < -0.4 is 0 Å². The number of benzene rings is 2. The Bertz CT molecular complexity index is 719. The maximum absolute atomic E-state index is 11.1. The lowest BCUT2D eigenvalue weighted by Gasteiger charge is -2.01. The number of carboxylic acid groups (broad SMARTS) is 2. The van der Waals surface area contributed by atoms with Crippen LogP contribution in [0.15, 0.2) is 47.5 Å². The molecule has 0 fully saturated rings. The minimum Gasteiger partial charge on any atom is -0.508 e. The fourth-order valence-electron chi connectivity index (χ4n) is 1.68. The third kappa shape index (κ3) is 3.44. The molecule has 0 amide bonds. The molecule has 106 valence electrons. The number of aliphatic imine (C=N–C) groups is 1. The Kier molecular flexibility index (Phi) is 3.99. The second kappa shape index (κ2) is 5.87. The summed E-state index contributed by atoms with van der Waals surface area (Å²) in [7, 11) is 0. The quantitative estimate of drug-likeness (QED) is 0.748. The number of hydrogen-bond acceptors (Lipinski definition) is 4. The third-order valence-electron chi connectivity index (χ3n) is 2.73. The summed E-state index contributed by atoms with van der Waals surface area (Å²) in [5, 5.41) is 27.1. The van der Waals surface area contributed by atoms with Crippen LogP contribution >= 0.6 is 0 Å². The molecule has 0 saturated carbocycles. The number of aromatic hydroxyl groups is 1. The standard InChI is InChI=1S/C15H11NO5/c17-12-6-3-10(13(7-12)15(20)21)8-16-11-4-1-9(2-5-11)14(18)19/h1-8,17H,(H,18,19)(H,20,21)/b16-8-. The van der Waals surface area contributed by atoms with Gasteiger partial charge in [-0.3, -0.25) is 4.99 Å². The molecule has 0 heterocycles. The number of phenolic OH excluding ortho intramolecular Hbond substituents is 1. The van der Waals surface area contributed by atoms with Gasteiger partial charge >= 0.3 is 11.9 Å². The van der Waals surface area contributed by atoms with E-state index in [0.717, 1.165) is 6.07 Å². The van der Waals surface area contributed by atoms with Crippen molar-refractivity contribution in [1.29, 1.82) is 0 Å². The molecule has 0 unspecified atom stereocenters. The molecule has 2 aromatic rings. The molecule has 0 spiro atoms. The lowest BCUT2D eigenvalue weighted by Crippen LogP contribution is -2.01. The molecule has 6 nitrogen and oxygen atoms in total. The van der Waals surface area contributed by atoms with Crippen molar-refractivity contribution >= 4 is 23.8 Å². The Morgan fingerprint density at radius 2 is 1.62 bits per heavy atom. The van der Waals surface area contributed by atoms with Crippen molar-refractivity contribution in [3.05, 3.63) is 59.2 Å². The van der Waals surface area contributed by atoms with Crippen LogP contribution in [-0.2, 0) is 0 Å². The van der Waals surface area contributed by atoms with Crippen LogP contribution in [0, 0.1) is 0 Å². The van der Waals surface area contributed by atoms with Gasteiger partial charge in [0, 0.05) is 11.8 Å². The number of phenols is 1. The van der Waals surface area contributed by atoms with Crippen molar-refractivity contribution in [2.45, 2.75) is 0 Å². The molecule has 0 aliphatic heterocycles. The van der Waals surface area contributed by atoms with E-state index >= 15 is 0 Å². The summed E-state index contributed by atoms with van der Waals surface area (Å²) in [6.07, 6.45) is 1.35. The molecule has 3 N–H and O–H groups in total. The van der Waals surface area contributed by atoms with Gasteiger partial charge in [-0.05, 0) is 42.5 Å². The summed E-state index contributed by atoms with van der Waals surface area (Å²) in [6, 6.07) is 9.78. The topological polar surface area (TPSA) is 107 Å². The number of hydrogen-bond donors (Lipinski definition) is 3. The molecule has 0 aliphatic carbocycles. The maximum Gasteiger partial charge on any atom is 0.336 e. The van der Waals surface area contributed by atoms with E-state index in [1.165, 1.54) is 42.6 Å². The highest BCUT2D eigenvalue weighted by Crippen LogP contribution is 2.17. The first-order valence-electron chi connectivity index (χ1n) is 5.91. The van der Waals surface area contributed by atoms with E-state index in [9.17, 15) is 14.7 Å². The van der Waals surface area contributed by atoms with Crippen molar-refractivity contribution in [3.63, 3.8) is 0 Å². The Labute approximate surface area is 119 Å². The predicted molar refractivity (Wildman–Crippen MR) is 75.7 cm³/mol. The van der Waals surface area contributed by atoms with Crippen LogP contribution in [0.1, 0.15) is 26.3 Å². The van der Waals surface area contributed by atoms with Crippen LogP contribution in [-0.4, -0.2) is 33.5 Å². The number of carbonyl (C=O) groups is 2. The third-order valence-corrected chi connectivity index (χ3v) is 2.73. The van der Waals surface area contributed by atoms with Gasteiger partial charge in [-0.1, -0.05) is 0 Å². The number of carboxylic acids is 2. The fourth-order valence-corrected chi connectivity index (χ4v) is 1.68. The van der Waals surface area contributed by atoms with E-state index in [1.54, 1.807) is 0 Å². The van der Waals surface area contributed by atoms with Crippen LogP contribution in [0.3, 0.4) is 0 Å². The van der Waals surface area contributed by atoms with Gasteiger partial charge in [0.25, 0.3) is 0 Å². The molecule has 2 aromatic carbocycles. The lowest BCUT2D eigenvalue weighted by atomic mass is 10.1. The molecular formula is C15H11NO5. The molecule has 0 radical (unpaired) electrons. The van der Waals surface area contributed by atoms with E-state index < -0.39 is 11.9 Å². The molecule has 0 bridgehead atoms. The molecule has 0 aromatic heterocycles. The molecule has 6 heteroatoms. The average Bonchev–Trinajstić information content (AvgIpc) is 2.46. The zero-order valence-electron chi connectivity index (χ0n) is 10.7. The zero-order chi connectivity index (χ0) is 15.4. The Hall–Kier alpha value is -3.15. The Morgan fingerprint density at radius 1 is 0.952 bits per heavy atom. The highest BCUT2D eigenvalue weighted by molar-refractivity contribution is 5.99. The van der Waals surface area contributed by atoms with Crippen LogP contribution in [0.5, 0.6) is 5.75 Å². The highest BCUT2D eigenvalue weighted by atomic mass is 16.4. The summed E-state index contributed by atoms with van der Waals surface area (Å²) in [5.41, 5.74) is 0.901. The van der Waals surface area contributed by atoms with E-state index in [2.05, 4.69) is 4.99 Å². The van der Waals surface area contributed by atoms with Crippen molar-refractivity contribution in [1.82, 2.24) is 0 Å². The molecule has 0 aliphatic rings. The second-order valence-corrected chi connectivity index (χ2v) is 4.19. The summed E-state index contributed by atoms with van der Waals surface area (Å²) in [6.45, 7) is 0. The Morgan fingerprint density at radius 3 is 2.19 bits per heavy atom. The molecular weight excluding hydrogens is 274 g/mol. The maximum atomic E-state index is 11.1. The van der Waals surface area contributed by atoms with E-state index in [0.29, 0.717) is 11.3 Å². The summed E-state index contributed by atoms with van der Waals surface area (Å²) < 4.78 is 0. The van der Waals surface area contributed by atoms with Gasteiger partial charge in [0.05, 0.1) is 16.8 Å². The number of rotatable bonds is 4. The highest BCUT2D eigenvalue weighted by Gasteiger charge is 2.09.